The highest BCUT2D eigenvalue weighted by atomic mass is 16.7. The number of phenols is 1. The molecule has 0 radical (unpaired) electrons. The Hall–Kier alpha value is -2.98. The van der Waals surface area contributed by atoms with E-state index in [0.29, 0.717) is 5.56 Å². The SMILES string of the molecule is COc1cc(O)c2c(c1)C(=O)c1cc(C)cc(OC3OCC(O)C(O)C3O)c1C2=O. The van der Waals surface area contributed by atoms with Crippen molar-refractivity contribution in [3.63, 3.8) is 0 Å². The van der Waals surface area contributed by atoms with Crippen molar-refractivity contribution in [3.8, 4) is 17.2 Å². The molecule has 2 aromatic rings. The average Bonchev–Trinajstić information content (AvgIpc) is 2.71. The van der Waals surface area contributed by atoms with Crippen molar-refractivity contribution in [1.82, 2.24) is 0 Å². The van der Waals surface area contributed by atoms with Gasteiger partial charge in [-0.25, -0.2) is 0 Å². The van der Waals surface area contributed by atoms with Gasteiger partial charge in [0.15, 0.2) is 5.78 Å². The molecule has 4 unspecified atom stereocenters. The minimum absolute atomic E-state index is 0.00777. The monoisotopic (exact) mass is 416 g/mol. The number of rotatable bonds is 3. The third kappa shape index (κ3) is 3.12. The van der Waals surface area contributed by atoms with E-state index in [0.717, 1.165) is 0 Å². The molecule has 0 aromatic heterocycles. The molecule has 158 valence electrons. The van der Waals surface area contributed by atoms with Gasteiger partial charge in [-0.15, -0.1) is 0 Å². The molecule has 1 saturated heterocycles. The van der Waals surface area contributed by atoms with E-state index in [1.807, 2.05) is 0 Å². The Morgan fingerprint density at radius 3 is 2.37 bits per heavy atom. The predicted octanol–water partition coefficient (Wildman–Crippen LogP) is 0.302. The topological polar surface area (TPSA) is 143 Å². The Labute approximate surface area is 171 Å². The first kappa shape index (κ1) is 20.3. The van der Waals surface area contributed by atoms with Crippen LogP contribution in [0.15, 0.2) is 24.3 Å². The van der Waals surface area contributed by atoms with E-state index < -0.39 is 41.9 Å². The van der Waals surface area contributed by atoms with Crippen LogP contribution in [0.5, 0.6) is 17.2 Å². The molecule has 1 fully saturated rings. The molecule has 9 heteroatoms. The van der Waals surface area contributed by atoms with Crippen LogP contribution < -0.4 is 9.47 Å². The number of carbonyl (C=O) groups is 2. The third-order valence-corrected chi connectivity index (χ3v) is 5.21. The quantitative estimate of drug-likeness (QED) is 0.474. The predicted molar refractivity (Wildman–Crippen MR) is 101 cm³/mol. The first-order valence-electron chi connectivity index (χ1n) is 9.20. The number of aliphatic hydroxyl groups excluding tert-OH is 3. The van der Waals surface area contributed by atoms with Crippen LogP contribution in [0.1, 0.15) is 37.4 Å². The van der Waals surface area contributed by atoms with Crippen LogP contribution in [0.25, 0.3) is 0 Å². The van der Waals surface area contributed by atoms with Crippen LogP contribution in [-0.4, -0.2) is 70.3 Å². The summed E-state index contributed by atoms with van der Waals surface area (Å²) in [5.74, 6) is -1.36. The Morgan fingerprint density at radius 2 is 1.67 bits per heavy atom. The Bertz CT molecular complexity index is 1050. The number of methoxy groups -OCH3 is 1. The second kappa shape index (κ2) is 7.37. The Kier molecular flexibility index (Phi) is 4.99. The summed E-state index contributed by atoms with van der Waals surface area (Å²) in [5, 5.41) is 40.0. The lowest BCUT2D eigenvalue weighted by Gasteiger charge is -2.35. The Morgan fingerprint density at radius 1 is 0.967 bits per heavy atom. The van der Waals surface area contributed by atoms with E-state index in [-0.39, 0.29) is 40.4 Å². The van der Waals surface area contributed by atoms with E-state index >= 15 is 0 Å². The van der Waals surface area contributed by atoms with Gasteiger partial charge in [-0.3, -0.25) is 9.59 Å². The van der Waals surface area contributed by atoms with Gasteiger partial charge in [-0.2, -0.15) is 0 Å². The number of aryl methyl sites for hydroxylation is 1. The number of aliphatic hydroxyl groups is 3. The number of benzene rings is 2. The highest BCUT2D eigenvalue weighted by Crippen LogP contribution is 2.40. The van der Waals surface area contributed by atoms with Crippen LogP contribution in [0.2, 0.25) is 0 Å². The lowest BCUT2D eigenvalue weighted by molar-refractivity contribution is -0.242. The van der Waals surface area contributed by atoms with E-state index in [1.165, 1.54) is 31.4 Å². The molecule has 4 rings (SSSR count). The fourth-order valence-electron chi connectivity index (χ4n) is 3.67. The number of carbonyl (C=O) groups excluding carboxylic acids is 2. The van der Waals surface area contributed by atoms with Crippen LogP contribution in [0.3, 0.4) is 0 Å². The summed E-state index contributed by atoms with van der Waals surface area (Å²) < 4.78 is 16.0. The van der Waals surface area contributed by atoms with Crippen molar-refractivity contribution in [3.05, 3.63) is 52.1 Å². The average molecular weight is 416 g/mol. The molecule has 4 atom stereocenters. The zero-order valence-corrected chi connectivity index (χ0v) is 16.2. The third-order valence-electron chi connectivity index (χ3n) is 5.21. The first-order valence-corrected chi connectivity index (χ1v) is 9.20. The number of aromatic hydroxyl groups is 1. The summed E-state index contributed by atoms with van der Waals surface area (Å²) in [5.41, 5.74) is 0.415. The van der Waals surface area contributed by atoms with Gasteiger partial charge in [0.2, 0.25) is 12.1 Å². The maximum Gasteiger partial charge on any atom is 0.228 e. The number of fused-ring (bicyclic) bond motifs is 2. The van der Waals surface area contributed by atoms with Gasteiger partial charge in [0, 0.05) is 17.2 Å². The lowest BCUT2D eigenvalue weighted by atomic mass is 9.82. The fourth-order valence-corrected chi connectivity index (χ4v) is 3.67. The summed E-state index contributed by atoms with van der Waals surface area (Å²) in [6, 6.07) is 5.63. The number of hydrogen-bond donors (Lipinski definition) is 4. The molecule has 0 amide bonds. The highest BCUT2D eigenvalue weighted by Gasteiger charge is 2.41. The maximum absolute atomic E-state index is 13.2. The number of ether oxygens (including phenoxy) is 3. The van der Waals surface area contributed by atoms with E-state index in [1.54, 1.807) is 6.92 Å². The molecule has 0 spiro atoms. The smallest absolute Gasteiger partial charge is 0.228 e. The van der Waals surface area contributed by atoms with Crippen LogP contribution in [-0.2, 0) is 4.74 Å². The minimum atomic E-state index is -1.58. The van der Waals surface area contributed by atoms with Gasteiger partial charge in [0.1, 0.15) is 35.6 Å². The van der Waals surface area contributed by atoms with Crippen LogP contribution in [0, 0.1) is 6.92 Å². The lowest BCUT2D eigenvalue weighted by Crippen LogP contribution is -2.54. The first-order chi connectivity index (χ1) is 14.2. The van der Waals surface area contributed by atoms with Crippen molar-refractivity contribution in [1.29, 1.82) is 0 Å². The normalized spacial score (nSPS) is 25.5. The number of hydrogen-bond acceptors (Lipinski definition) is 9. The Balaban J connectivity index is 1.80. The van der Waals surface area contributed by atoms with Crippen molar-refractivity contribution >= 4 is 11.6 Å². The van der Waals surface area contributed by atoms with Crippen molar-refractivity contribution < 1.29 is 44.2 Å². The molecular formula is C21H20O9. The van der Waals surface area contributed by atoms with Crippen molar-refractivity contribution in [2.45, 2.75) is 31.5 Å². The molecule has 1 heterocycles. The summed E-state index contributed by atoms with van der Waals surface area (Å²) >= 11 is 0. The molecule has 0 bridgehead atoms. The number of phenolic OH excluding ortho intramolecular Hbond substituents is 1. The number of ketones is 2. The largest absolute Gasteiger partial charge is 0.507 e. The van der Waals surface area contributed by atoms with Gasteiger partial charge < -0.3 is 34.6 Å². The molecule has 9 nitrogen and oxygen atoms in total. The summed E-state index contributed by atoms with van der Waals surface area (Å²) in [4.78, 5) is 26.3. The van der Waals surface area contributed by atoms with Gasteiger partial charge in [-0.1, -0.05) is 0 Å². The molecule has 2 aliphatic rings. The molecular weight excluding hydrogens is 396 g/mol. The molecule has 1 aliphatic heterocycles. The minimum Gasteiger partial charge on any atom is -0.507 e. The zero-order valence-electron chi connectivity index (χ0n) is 16.2. The zero-order chi connectivity index (χ0) is 21.7. The maximum atomic E-state index is 13.2. The van der Waals surface area contributed by atoms with Gasteiger partial charge in [0.25, 0.3) is 0 Å². The molecule has 30 heavy (non-hydrogen) atoms. The molecule has 1 aliphatic carbocycles. The van der Waals surface area contributed by atoms with Crippen LogP contribution >= 0.6 is 0 Å². The molecule has 4 N–H and O–H groups in total. The van der Waals surface area contributed by atoms with Gasteiger partial charge in [0.05, 0.1) is 24.8 Å². The second-order valence-electron chi connectivity index (χ2n) is 7.28. The molecule has 2 aromatic carbocycles. The van der Waals surface area contributed by atoms with E-state index in [9.17, 15) is 30.0 Å². The standard InChI is InChI=1S/C21H20O9/c1-8-3-10-16(14(4-8)30-21-20(27)18(25)13(23)7-29-21)19(26)15-11(17(10)24)5-9(28-2)6-12(15)22/h3-6,13,18,20-23,25,27H,7H2,1-2H3. The highest BCUT2D eigenvalue weighted by molar-refractivity contribution is 6.30. The van der Waals surface area contributed by atoms with E-state index in [4.69, 9.17) is 14.2 Å². The van der Waals surface area contributed by atoms with Gasteiger partial charge in [-0.05, 0) is 30.7 Å². The van der Waals surface area contributed by atoms with Crippen molar-refractivity contribution in [2.24, 2.45) is 0 Å². The summed E-state index contributed by atoms with van der Waals surface area (Å²) in [6.45, 7) is 1.41. The summed E-state index contributed by atoms with van der Waals surface area (Å²) in [6.07, 6.45) is -5.74. The van der Waals surface area contributed by atoms with Crippen molar-refractivity contribution in [2.75, 3.05) is 13.7 Å². The fraction of sp³-hybridized carbons (Fsp3) is 0.333. The van der Waals surface area contributed by atoms with Gasteiger partial charge >= 0.3 is 0 Å². The van der Waals surface area contributed by atoms with E-state index in [2.05, 4.69) is 0 Å². The summed E-state index contributed by atoms with van der Waals surface area (Å²) in [7, 11) is 1.38. The second-order valence-corrected chi connectivity index (χ2v) is 7.28. The molecule has 0 saturated carbocycles. The van der Waals surface area contributed by atoms with Crippen LogP contribution in [0.4, 0.5) is 0 Å².